The van der Waals surface area contributed by atoms with Crippen molar-refractivity contribution >= 4 is 5.91 Å². The van der Waals surface area contributed by atoms with Gasteiger partial charge < -0.3 is 11.1 Å². The van der Waals surface area contributed by atoms with Crippen LogP contribution in [0.1, 0.15) is 47.1 Å². The lowest BCUT2D eigenvalue weighted by atomic mass is 10.2. The number of aromatic nitrogens is 2. The third-order valence-electron chi connectivity index (χ3n) is 4.36. The van der Waals surface area contributed by atoms with Crippen LogP contribution in [0.2, 0.25) is 0 Å². The molecule has 5 nitrogen and oxygen atoms in total. The maximum atomic E-state index is 14.3. The zero-order valence-electron chi connectivity index (χ0n) is 14.1. The van der Waals surface area contributed by atoms with Crippen LogP contribution < -0.4 is 11.1 Å². The number of fused-ring (bicyclic) bond motifs is 1. The van der Waals surface area contributed by atoms with Crippen LogP contribution in [0.15, 0.2) is 18.2 Å². The fourth-order valence-corrected chi connectivity index (χ4v) is 3.10. The second kappa shape index (κ2) is 6.73. The molecule has 3 rings (SSSR count). The van der Waals surface area contributed by atoms with Crippen molar-refractivity contribution in [1.29, 1.82) is 0 Å². The molecule has 0 bridgehead atoms. The number of hydrogen-bond acceptors (Lipinski definition) is 3. The number of benzene rings is 1. The molecule has 1 amide bonds. The van der Waals surface area contributed by atoms with Gasteiger partial charge in [0.05, 0.1) is 0 Å². The molecule has 1 atom stereocenters. The van der Waals surface area contributed by atoms with Crippen molar-refractivity contribution in [3.63, 3.8) is 0 Å². The molecule has 1 aromatic heterocycles. The van der Waals surface area contributed by atoms with Gasteiger partial charge in [-0.3, -0.25) is 4.79 Å². The molecule has 6 heteroatoms. The van der Waals surface area contributed by atoms with Gasteiger partial charge >= 0.3 is 0 Å². The van der Waals surface area contributed by atoms with Crippen LogP contribution in [0, 0.1) is 12.7 Å². The van der Waals surface area contributed by atoms with Gasteiger partial charge in [0.15, 0.2) is 5.69 Å². The highest BCUT2D eigenvalue weighted by molar-refractivity contribution is 5.94. The summed E-state index contributed by atoms with van der Waals surface area (Å²) in [6.07, 6.45) is 3.28. The van der Waals surface area contributed by atoms with E-state index in [1.54, 1.807) is 10.7 Å². The zero-order valence-corrected chi connectivity index (χ0v) is 14.1. The number of nitrogens with zero attached hydrogens (tertiary/aromatic N) is 2. The number of nitrogens with one attached hydrogen (secondary N) is 1. The average Bonchev–Trinajstić information content (AvgIpc) is 3.09. The van der Waals surface area contributed by atoms with Crippen LogP contribution in [0.25, 0.3) is 5.69 Å². The molecule has 0 aliphatic heterocycles. The highest BCUT2D eigenvalue weighted by atomic mass is 19.1. The van der Waals surface area contributed by atoms with E-state index in [1.807, 2.05) is 19.9 Å². The second-order valence-corrected chi connectivity index (χ2v) is 6.52. The average molecular weight is 330 g/mol. The van der Waals surface area contributed by atoms with Gasteiger partial charge in [0, 0.05) is 23.8 Å². The Bertz CT molecular complexity index is 767. The number of aryl methyl sites for hydroxylation is 1. The highest BCUT2D eigenvalue weighted by Gasteiger charge is 2.27. The number of nitrogens with two attached hydrogens (primary N) is 1. The quantitative estimate of drug-likeness (QED) is 0.883. The molecule has 1 aromatic carbocycles. The van der Waals surface area contributed by atoms with E-state index in [-0.39, 0.29) is 17.8 Å². The van der Waals surface area contributed by atoms with Gasteiger partial charge in [0.2, 0.25) is 0 Å². The Morgan fingerprint density at radius 3 is 2.96 bits per heavy atom. The van der Waals surface area contributed by atoms with Crippen molar-refractivity contribution in [1.82, 2.24) is 15.1 Å². The summed E-state index contributed by atoms with van der Waals surface area (Å²) in [4.78, 5) is 12.4. The standard InChI is InChI=1S/C18H23FN4O/c1-11-6-7-16(14(19)10-11)23-15-5-3-4-13(15)17(22-23)18(24)21-9-8-12(2)20/h6-7,10,12H,3-5,8-9,20H2,1-2H3,(H,21,24). The largest absolute Gasteiger partial charge is 0.351 e. The molecule has 1 heterocycles. The Morgan fingerprint density at radius 2 is 2.25 bits per heavy atom. The van der Waals surface area contributed by atoms with Gasteiger partial charge in [-0.05, 0) is 57.2 Å². The van der Waals surface area contributed by atoms with Crippen LogP contribution in [-0.2, 0) is 12.8 Å². The van der Waals surface area contributed by atoms with Gasteiger partial charge in [-0.2, -0.15) is 5.10 Å². The van der Waals surface area contributed by atoms with Gasteiger partial charge in [0.25, 0.3) is 5.91 Å². The molecule has 0 fully saturated rings. The predicted octanol–water partition coefficient (Wildman–Crippen LogP) is 2.28. The molecular weight excluding hydrogens is 307 g/mol. The fourth-order valence-electron chi connectivity index (χ4n) is 3.10. The lowest BCUT2D eigenvalue weighted by molar-refractivity contribution is 0.0946. The van der Waals surface area contributed by atoms with E-state index in [4.69, 9.17) is 5.73 Å². The Balaban J connectivity index is 1.91. The molecule has 128 valence electrons. The molecule has 0 spiro atoms. The smallest absolute Gasteiger partial charge is 0.272 e. The summed E-state index contributed by atoms with van der Waals surface area (Å²) in [5.74, 6) is -0.531. The number of carbonyl (C=O) groups excluding carboxylic acids is 1. The van der Waals surface area contributed by atoms with Crippen molar-refractivity contribution in [2.75, 3.05) is 6.54 Å². The van der Waals surface area contributed by atoms with E-state index in [1.165, 1.54) is 6.07 Å². The summed E-state index contributed by atoms with van der Waals surface area (Å²) in [5, 5.41) is 7.28. The summed E-state index contributed by atoms with van der Waals surface area (Å²) >= 11 is 0. The fraction of sp³-hybridized carbons (Fsp3) is 0.444. The van der Waals surface area contributed by atoms with Crippen LogP contribution in [0.3, 0.4) is 0 Å². The predicted molar refractivity (Wildman–Crippen MR) is 90.9 cm³/mol. The van der Waals surface area contributed by atoms with E-state index in [2.05, 4.69) is 10.4 Å². The van der Waals surface area contributed by atoms with E-state index in [0.717, 1.165) is 36.1 Å². The van der Waals surface area contributed by atoms with E-state index in [9.17, 15) is 9.18 Å². The normalized spacial score (nSPS) is 14.5. The highest BCUT2D eigenvalue weighted by Crippen LogP contribution is 2.28. The summed E-state index contributed by atoms with van der Waals surface area (Å²) < 4.78 is 15.9. The molecule has 1 aliphatic rings. The van der Waals surface area contributed by atoms with Crippen molar-refractivity contribution in [3.05, 3.63) is 46.5 Å². The first-order valence-corrected chi connectivity index (χ1v) is 8.38. The molecular formula is C18H23FN4O. The Labute approximate surface area is 141 Å². The molecule has 0 saturated carbocycles. The third-order valence-corrected chi connectivity index (χ3v) is 4.36. The van der Waals surface area contributed by atoms with Crippen LogP contribution in [-0.4, -0.2) is 28.3 Å². The third kappa shape index (κ3) is 3.19. The lowest BCUT2D eigenvalue weighted by Crippen LogP contribution is -2.29. The molecule has 2 aromatic rings. The lowest BCUT2D eigenvalue weighted by Gasteiger charge is -2.08. The van der Waals surface area contributed by atoms with Gasteiger partial charge in [-0.1, -0.05) is 6.07 Å². The molecule has 0 radical (unpaired) electrons. The Kier molecular flexibility index (Phi) is 4.66. The van der Waals surface area contributed by atoms with Crippen molar-refractivity contribution in [2.45, 2.75) is 45.6 Å². The first kappa shape index (κ1) is 16.6. The number of hydrogen-bond donors (Lipinski definition) is 2. The van der Waals surface area contributed by atoms with Crippen LogP contribution in [0.4, 0.5) is 4.39 Å². The first-order valence-electron chi connectivity index (χ1n) is 8.38. The summed E-state index contributed by atoms with van der Waals surface area (Å²) in [7, 11) is 0. The van der Waals surface area contributed by atoms with Gasteiger partial charge in [-0.25, -0.2) is 9.07 Å². The van der Waals surface area contributed by atoms with Crippen LogP contribution in [0.5, 0.6) is 0 Å². The first-order chi connectivity index (χ1) is 11.5. The van der Waals surface area contributed by atoms with E-state index >= 15 is 0 Å². The molecule has 1 aliphatic carbocycles. The molecule has 3 N–H and O–H groups in total. The molecule has 24 heavy (non-hydrogen) atoms. The number of rotatable bonds is 5. The number of carbonyl (C=O) groups is 1. The van der Waals surface area contributed by atoms with Crippen molar-refractivity contribution < 1.29 is 9.18 Å². The van der Waals surface area contributed by atoms with E-state index < -0.39 is 0 Å². The second-order valence-electron chi connectivity index (χ2n) is 6.52. The molecule has 0 saturated heterocycles. The van der Waals surface area contributed by atoms with Gasteiger partial charge in [-0.15, -0.1) is 0 Å². The SMILES string of the molecule is Cc1ccc(-n2nc(C(=O)NCCC(C)N)c3c2CCC3)c(F)c1. The summed E-state index contributed by atoms with van der Waals surface area (Å²) in [6, 6.07) is 5.09. The minimum atomic E-state index is -0.323. The Hall–Kier alpha value is -2.21. The maximum Gasteiger partial charge on any atom is 0.272 e. The molecule has 1 unspecified atom stereocenters. The minimum absolute atomic E-state index is 0.0372. The summed E-state index contributed by atoms with van der Waals surface area (Å²) in [6.45, 7) is 4.26. The summed E-state index contributed by atoms with van der Waals surface area (Å²) in [5.41, 5.74) is 9.24. The number of halogens is 1. The Morgan fingerprint density at radius 1 is 1.46 bits per heavy atom. The minimum Gasteiger partial charge on any atom is -0.351 e. The van der Waals surface area contributed by atoms with Crippen LogP contribution >= 0.6 is 0 Å². The maximum absolute atomic E-state index is 14.3. The monoisotopic (exact) mass is 330 g/mol. The topological polar surface area (TPSA) is 72.9 Å². The van der Waals surface area contributed by atoms with Crippen molar-refractivity contribution in [3.8, 4) is 5.69 Å². The van der Waals surface area contributed by atoms with Gasteiger partial charge in [0.1, 0.15) is 11.5 Å². The zero-order chi connectivity index (χ0) is 17.3. The number of amides is 1. The van der Waals surface area contributed by atoms with Crippen molar-refractivity contribution in [2.24, 2.45) is 5.73 Å². The van der Waals surface area contributed by atoms with E-state index in [0.29, 0.717) is 24.3 Å².